The summed E-state index contributed by atoms with van der Waals surface area (Å²) in [5.41, 5.74) is 2.18. The number of carbonyl (C=O) groups is 2. The second-order valence-corrected chi connectivity index (χ2v) is 6.19. The van der Waals surface area contributed by atoms with E-state index in [4.69, 9.17) is 4.42 Å². The number of carbonyl (C=O) groups excluding carboxylic acids is 2. The molecule has 0 aliphatic carbocycles. The molecule has 1 aromatic carbocycles. The molecule has 1 atom stereocenters. The molecule has 0 N–H and O–H groups in total. The molecule has 0 unspecified atom stereocenters. The minimum atomic E-state index is -0.343. The lowest BCUT2D eigenvalue weighted by Gasteiger charge is -2.39. The van der Waals surface area contributed by atoms with Gasteiger partial charge in [0.25, 0.3) is 11.8 Å². The molecule has 0 radical (unpaired) electrons. The van der Waals surface area contributed by atoms with Gasteiger partial charge in [0.05, 0.1) is 5.69 Å². The van der Waals surface area contributed by atoms with Crippen LogP contribution >= 0.6 is 0 Å². The fourth-order valence-electron chi connectivity index (χ4n) is 3.59. The molecule has 3 heterocycles. The van der Waals surface area contributed by atoms with Gasteiger partial charge in [0.2, 0.25) is 5.76 Å². The van der Waals surface area contributed by atoms with Crippen LogP contribution in [0.3, 0.4) is 0 Å². The smallest absolute Gasteiger partial charge is 0.293 e. The van der Waals surface area contributed by atoms with Gasteiger partial charge in [-0.1, -0.05) is 25.1 Å². The summed E-state index contributed by atoms with van der Waals surface area (Å²) in [6.07, 6.45) is 1.06. The van der Waals surface area contributed by atoms with Crippen LogP contribution in [0.4, 0.5) is 0 Å². The molecule has 2 amide bonds. The van der Waals surface area contributed by atoms with Gasteiger partial charge in [-0.05, 0) is 19.4 Å². The predicted molar refractivity (Wildman–Crippen MR) is 86.5 cm³/mol. The number of nitrogens with zero attached hydrogens (tertiary/aromatic N) is 3. The van der Waals surface area contributed by atoms with Crippen molar-refractivity contribution < 1.29 is 14.0 Å². The molecule has 1 fully saturated rings. The SMILES string of the molecule is CCc1nc(C)c(C(=O)N2CCCN3C(=O)c4ccccc4[C@@H]32)o1. The number of aromatic nitrogens is 1. The summed E-state index contributed by atoms with van der Waals surface area (Å²) in [5.74, 6) is 0.647. The zero-order chi connectivity index (χ0) is 16.8. The summed E-state index contributed by atoms with van der Waals surface area (Å²) < 4.78 is 5.64. The molecule has 6 nitrogen and oxygen atoms in total. The van der Waals surface area contributed by atoms with Crippen molar-refractivity contribution in [2.75, 3.05) is 13.1 Å². The zero-order valence-electron chi connectivity index (χ0n) is 13.8. The van der Waals surface area contributed by atoms with E-state index in [0.717, 1.165) is 12.0 Å². The molecule has 24 heavy (non-hydrogen) atoms. The van der Waals surface area contributed by atoms with Crippen molar-refractivity contribution >= 4 is 11.8 Å². The van der Waals surface area contributed by atoms with Crippen LogP contribution in [0.25, 0.3) is 0 Å². The number of oxazole rings is 1. The van der Waals surface area contributed by atoms with Gasteiger partial charge < -0.3 is 14.2 Å². The van der Waals surface area contributed by atoms with Gasteiger partial charge in [0.15, 0.2) is 5.89 Å². The van der Waals surface area contributed by atoms with Gasteiger partial charge in [-0.2, -0.15) is 0 Å². The van der Waals surface area contributed by atoms with Crippen LogP contribution in [-0.2, 0) is 6.42 Å². The van der Waals surface area contributed by atoms with E-state index in [1.807, 2.05) is 31.2 Å². The lowest BCUT2D eigenvalue weighted by atomic mass is 10.1. The number of hydrogen-bond acceptors (Lipinski definition) is 4. The normalized spacial score (nSPS) is 19.4. The van der Waals surface area contributed by atoms with Crippen LogP contribution in [0.1, 0.15) is 57.6 Å². The summed E-state index contributed by atoms with van der Waals surface area (Å²) in [6.45, 7) is 4.99. The first-order valence-electron chi connectivity index (χ1n) is 8.29. The van der Waals surface area contributed by atoms with Gasteiger partial charge in [-0.15, -0.1) is 0 Å². The first-order valence-corrected chi connectivity index (χ1v) is 8.29. The molecular weight excluding hydrogens is 306 g/mol. The predicted octanol–water partition coefficient (Wildman–Crippen LogP) is 2.55. The minimum Gasteiger partial charge on any atom is -0.435 e. The van der Waals surface area contributed by atoms with Crippen molar-refractivity contribution in [3.05, 3.63) is 52.7 Å². The highest BCUT2D eigenvalue weighted by atomic mass is 16.4. The molecule has 2 aliphatic heterocycles. The molecule has 0 bridgehead atoms. The van der Waals surface area contributed by atoms with E-state index in [9.17, 15) is 9.59 Å². The number of amides is 2. The molecule has 2 aliphatic rings. The Morgan fingerprint density at radius 2 is 2.12 bits per heavy atom. The molecule has 0 saturated carbocycles. The summed E-state index contributed by atoms with van der Waals surface area (Å²) >= 11 is 0. The van der Waals surface area contributed by atoms with Crippen LogP contribution in [0.15, 0.2) is 28.7 Å². The topological polar surface area (TPSA) is 66.7 Å². The summed E-state index contributed by atoms with van der Waals surface area (Å²) in [7, 11) is 0. The molecule has 124 valence electrons. The molecule has 2 aromatic rings. The highest BCUT2D eigenvalue weighted by Gasteiger charge is 2.44. The van der Waals surface area contributed by atoms with Crippen LogP contribution in [0, 0.1) is 6.92 Å². The molecule has 1 aromatic heterocycles. The quantitative estimate of drug-likeness (QED) is 0.851. The van der Waals surface area contributed by atoms with Crippen LogP contribution < -0.4 is 0 Å². The standard InChI is InChI=1S/C18H19N3O3/c1-3-14-19-11(2)15(24-14)18(23)21-10-6-9-20-16(21)12-7-4-5-8-13(12)17(20)22/h4-5,7-8,16H,3,6,9-10H2,1-2H3/t16-/m0/s1. The summed E-state index contributed by atoms with van der Waals surface area (Å²) in [4.78, 5) is 33.5. The Bertz CT molecular complexity index is 827. The van der Waals surface area contributed by atoms with Crippen molar-refractivity contribution in [2.45, 2.75) is 32.9 Å². The van der Waals surface area contributed by atoms with Crippen LogP contribution in [0.5, 0.6) is 0 Å². The third-order valence-corrected chi connectivity index (χ3v) is 4.72. The van der Waals surface area contributed by atoms with E-state index in [1.165, 1.54) is 0 Å². The largest absolute Gasteiger partial charge is 0.435 e. The molecular formula is C18H19N3O3. The molecule has 4 rings (SSSR count). The lowest BCUT2D eigenvalue weighted by Crippen LogP contribution is -2.48. The highest BCUT2D eigenvalue weighted by Crippen LogP contribution is 2.39. The fraction of sp³-hybridized carbons (Fsp3) is 0.389. The van der Waals surface area contributed by atoms with Crippen molar-refractivity contribution in [1.82, 2.24) is 14.8 Å². The van der Waals surface area contributed by atoms with Crippen molar-refractivity contribution in [3.8, 4) is 0 Å². The van der Waals surface area contributed by atoms with E-state index < -0.39 is 0 Å². The maximum Gasteiger partial charge on any atom is 0.293 e. The third-order valence-electron chi connectivity index (χ3n) is 4.72. The first kappa shape index (κ1) is 14.9. The van der Waals surface area contributed by atoms with E-state index in [0.29, 0.717) is 36.7 Å². The Balaban J connectivity index is 1.74. The Morgan fingerprint density at radius 1 is 1.33 bits per heavy atom. The van der Waals surface area contributed by atoms with Crippen molar-refractivity contribution in [2.24, 2.45) is 0 Å². The van der Waals surface area contributed by atoms with E-state index >= 15 is 0 Å². The molecule has 0 spiro atoms. The minimum absolute atomic E-state index is 0.00311. The second-order valence-electron chi connectivity index (χ2n) is 6.19. The van der Waals surface area contributed by atoms with Crippen LogP contribution in [-0.4, -0.2) is 39.7 Å². The first-order chi connectivity index (χ1) is 11.6. The Morgan fingerprint density at radius 3 is 2.88 bits per heavy atom. The second kappa shape index (κ2) is 5.47. The average molecular weight is 325 g/mol. The monoisotopic (exact) mass is 325 g/mol. The highest BCUT2D eigenvalue weighted by molar-refractivity contribution is 6.01. The maximum atomic E-state index is 13.1. The summed E-state index contributed by atoms with van der Waals surface area (Å²) in [6, 6.07) is 7.51. The Kier molecular flexibility index (Phi) is 3.40. The molecule has 1 saturated heterocycles. The number of benzene rings is 1. The Labute approximate surface area is 140 Å². The van der Waals surface area contributed by atoms with E-state index in [-0.39, 0.29) is 23.7 Å². The number of fused-ring (bicyclic) bond motifs is 3. The van der Waals surface area contributed by atoms with Crippen molar-refractivity contribution in [1.29, 1.82) is 0 Å². The van der Waals surface area contributed by atoms with Gasteiger partial charge in [0, 0.05) is 30.6 Å². The van der Waals surface area contributed by atoms with E-state index in [1.54, 1.807) is 16.7 Å². The third kappa shape index (κ3) is 2.06. The average Bonchev–Trinajstić information content (AvgIpc) is 3.13. The van der Waals surface area contributed by atoms with Gasteiger partial charge in [-0.3, -0.25) is 9.59 Å². The fourth-order valence-corrected chi connectivity index (χ4v) is 3.59. The van der Waals surface area contributed by atoms with Gasteiger partial charge >= 0.3 is 0 Å². The van der Waals surface area contributed by atoms with Crippen LogP contribution in [0.2, 0.25) is 0 Å². The lowest BCUT2D eigenvalue weighted by molar-refractivity contribution is 0.0144. The van der Waals surface area contributed by atoms with Gasteiger partial charge in [-0.25, -0.2) is 4.98 Å². The van der Waals surface area contributed by atoms with E-state index in [2.05, 4.69) is 4.98 Å². The number of rotatable bonds is 2. The number of aryl methyl sites for hydroxylation is 2. The van der Waals surface area contributed by atoms with Crippen molar-refractivity contribution in [3.63, 3.8) is 0 Å². The zero-order valence-corrected chi connectivity index (χ0v) is 13.8. The molecule has 6 heteroatoms. The Hall–Kier alpha value is -2.63. The summed E-state index contributed by atoms with van der Waals surface area (Å²) in [5, 5.41) is 0. The van der Waals surface area contributed by atoms with Gasteiger partial charge in [0.1, 0.15) is 6.17 Å². The maximum absolute atomic E-state index is 13.1. The number of hydrogen-bond donors (Lipinski definition) is 0.